The van der Waals surface area contributed by atoms with Crippen LogP contribution in [0.1, 0.15) is 33.3 Å². The summed E-state index contributed by atoms with van der Waals surface area (Å²) < 4.78 is 5.58. The van der Waals surface area contributed by atoms with Gasteiger partial charge in [-0.05, 0) is 44.0 Å². The van der Waals surface area contributed by atoms with E-state index >= 15 is 0 Å². The zero-order chi connectivity index (χ0) is 15.0. The first-order valence-corrected chi connectivity index (χ1v) is 7.61. The van der Waals surface area contributed by atoms with Crippen molar-refractivity contribution in [2.75, 3.05) is 31.6 Å². The molecule has 0 radical (unpaired) electrons. The maximum Gasteiger partial charge on any atom is 0.0644 e. The predicted octanol–water partition coefficient (Wildman–Crippen LogP) is 3.29. The van der Waals surface area contributed by atoms with Gasteiger partial charge in [-0.1, -0.05) is 26.0 Å². The average molecular weight is 278 g/mol. The molecule has 1 N–H and O–H groups in total. The highest BCUT2D eigenvalue weighted by atomic mass is 16.5. The Morgan fingerprint density at radius 3 is 2.30 bits per heavy atom. The van der Waals surface area contributed by atoms with Gasteiger partial charge in [0, 0.05) is 25.8 Å². The SMILES string of the molecule is CC(C)CNCc1ccc(N(C)CCOC(C)C)cc1. The second-order valence-corrected chi connectivity index (χ2v) is 6.03. The first-order valence-electron chi connectivity index (χ1n) is 7.61. The lowest BCUT2D eigenvalue weighted by molar-refractivity contribution is 0.0846. The van der Waals surface area contributed by atoms with E-state index in [9.17, 15) is 0 Å². The molecule has 0 atom stereocenters. The third kappa shape index (κ3) is 6.92. The van der Waals surface area contributed by atoms with Crippen molar-refractivity contribution in [1.82, 2.24) is 5.32 Å². The molecule has 0 bridgehead atoms. The standard InChI is InChI=1S/C17H30N2O/c1-14(2)12-18-13-16-6-8-17(9-7-16)19(5)10-11-20-15(3)4/h6-9,14-15,18H,10-13H2,1-5H3. The summed E-state index contributed by atoms with van der Waals surface area (Å²) in [5.41, 5.74) is 2.58. The van der Waals surface area contributed by atoms with Crippen molar-refractivity contribution in [2.24, 2.45) is 5.92 Å². The van der Waals surface area contributed by atoms with Gasteiger partial charge >= 0.3 is 0 Å². The minimum Gasteiger partial charge on any atom is -0.377 e. The number of hydrogen-bond acceptors (Lipinski definition) is 3. The fourth-order valence-corrected chi connectivity index (χ4v) is 1.93. The van der Waals surface area contributed by atoms with E-state index in [4.69, 9.17) is 4.74 Å². The van der Waals surface area contributed by atoms with Crippen molar-refractivity contribution >= 4 is 5.69 Å². The van der Waals surface area contributed by atoms with Crippen LogP contribution in [0.2, 0.25) is 0 Å². The molecule has 3 heteroatoms. The molecule has 0 aliphatic carbocycles. The van der Waals surface area contributed by atoms with Crippen LogP contribution in [0.3, 0.4) is 0 Å². The topological polar surface area (TPSA) is 24.5 Å². The van der Waals surface area contributed by atoms with Crippen molar-refractivity contribution in [3.8, 4) is 0 Å². The zero-order valence-electron chi connectivity index (χ0n) is 13.6. The van der Waals surface area contributed by atoms with Gasteiger partial charge < -0.3 is 15.0 Å². The van der Waals surface area contributed by atoms with E-state index in [0.717, 1.165) is 26.2 Å². The summed E-state index contributed by atoms with van der Waals surface area (Å²) in [6, 6.07) is 8.76. The number of hydrogen-bond donors (Lipinski definition) is 1. The molecule has 20 heavy (non-hydrogen) atoms. The molecule has 1 rings (SSSR count). The molecular weight excluding hydrogens is 248 g/mol. The largest absolute Gasteiger partial charge is 0.377 e. The molecule has 0 saturated heterocycles. The van der Waals surface area contributed by atoms with Crippen molar-refractivity contribution in [3.05, 3.63) is 29.8 Å². The Balaban J connectivity index is 2.37. The van der Waals surface area contributed by atoms with E-state index in [1.807, 2.05) is 0 Å². The molecule has 3 nitrogen and oxygen atoms in total. The van der Waals surface area contributed by atoms with Crippen LogP contribution in [-0.4, -0.2) is 32.8 Å². The lowest BCUT2D eigenvalue weighted by Crippen LogP contribution is -2.24. The lowest BCUT2D eigenvalue weighted by Gasteiger charge is -2.20. The molecule has 114 valence electrons. The molecule has 0 spiro atoms. The summed E-state index contributed by atoms with van der Waals surface area (Å²) in [6.07, 6.45) is 0.304. The Kier molecular flexibility index (Phi) is 7.63. The number of nitrogens with zero attached hydrogens (tertiary/aromatic N) is 1. The third-order valence-corrected chi connectivity index (χ3v) is 3.14. The van der Waals surface area contributed by atoms with Gasteiger partial charge in [-0.3, -0.25) is 0 Å². The van der Waals surface area contributed by atoms with Crippen LogP contribution < -0.4 is 10.2 Å². The summed E-state index contributed by atoms with van der Waals surface area (Å²) in [5.74, 6) is 0.696. The van der Waals surface area contributed by atoms with E-state index in [-0.39, 0.29) is 0 Å². The average Bonchev–Trinajstić information content (AvgIpc) is 2.38. The zero-order valence-corrected chi connectivity index (χ0v) is 13.6. The number of nitrogens with one attached hydrogen (secondary N) is 1. The normalized spacial score (nSPS) is 11.3. The molecule has 0 unspecified atom stereocenters. The van der Waals surface area contributed by atoms with Crippen molar-refractivity contribution in [2.45, 2.75) is 40.3 Å². The fourth-order valence-electron chi connectivity index (χ4n) is 1.93. The van der Waals surface area contributed by atoms with E-state index < -0.39 is 0 Å². The van der Waals surface area contributed by atoms with Gasteiger partial charge in [0.15, 0.2) is 0 Å². The first kappa shape index (κ1) is 17.0. The first-order chi connectivity index (χ1) is 9.49. The molecule has 0 aliphatic heterocycles. The highest BCUT2D eigenvalue weighted by Crippen LogP contribution is 2.13. The number of likely N-dealkylation sites (N-methyl/N-ethyl adjacent to an activating group) is 1. The minimum absolute atomic E-state index is 0.304. The molecule has 1 aromatic rings. The third-order valence-electron chi connectivity index (χ3n) is 3.14. The van der Waals surface area contributed by atoms with Gasteiger partial charge in [-0.2, -0.15) is 0 Å². The van der Waals surface area contributed by atoms with E-state index in [2.05, 4.69) is 69.2 Å². The summed E-state index contributed by atoms with van der Waals surface area (Å²) in [4.78, 5) is 2.23. The van der Waals surface area contributed by atoms with E-state index in [0.29, 0.717) is 12.0 Å². The van der Waals surface area contributed by atoms with Gasteiger partial charge in [0.05, 0.1) is 12.7 Å². The summed E-state index contributed by atoms with van der Waals surface area (Å²) >= 11 is 0. The Labute approximate surface area is 124 Å². The van der Waals surface area contributed by atoms with Gasteiger partial charge in [-0.15, -0.1) is 0 Å². The van der Waals surface area contributed by atoms with Gasteiger partial charge in [0.2, 0.25) is 0 Å². The maximum atomic E-state index is 5.58. The number of rotatable bonds is 9. The van der Waals surface area contributed by atoms with Gasteiger partial charge in [-0.25, -0.2) is 0 Å². The Bertz CT molecular complexity index is 360. The number of benzene rings is 1. The van der Waals surface area contributed by atoms with Crippen molar-refractivity contribution in [1.29, 1.82) is 0 Å². The second-order valence-electron chi connectivity index (χ2n) is 6.03. The highest BCUT2D eigenvalue weighted by molar-refractivity contribution is 5.46. The van der Waals surface area contributed by atoms with Crippen LogP contribution in [0.4, 0.5) is 5.69 Å². The molecule has 0 aliphatic rings. The lowest BCUT2D eigenvalue weighted by atomic mass is 10.2. The molecule has 0 saturated carbocycles. The molecule has 0 fully saturated rings. The highest BCUT2D eigenvalue weighted by Gasteiger charge is 2.02. The van der Waals surface area contributed by atoms with Gasteiger partial charge in [0.1, 0.15) is 0 Å². The molecule has 0 aromatic heterocycles. The molecule has 1 aromatic carbocycles. The molecule has 0 amide bonds. The smallest absolute Gasteiger partial charge is 0.0644 e. The molecular formula is C17H30N2O. The summed E-state index contributed by atoms with van der Waals surface area (Å²) in [7, 11) is 2.11. The quantitative estimate of drug-likeness (QED) is 0.750. The minimum atomic E-state index is 0.304. The van der Waals surface area contributed by atoms with Crippen LogP contribution in [0.15, 0.2) is 24.3 Å². The van der Waals surface area contributed by atoms with Crippen LogP contribution >= 0.6 is 0 Å². The number of ether oxygens (including phenoxy) is 1. The monoisotopic (exact) mass is 278 g/mol. The van der Waals surface area contributed by atoms with Gasteiger partial charge in [0.25, 0.3) is 0 Å². The van der Waals surface area contributed by atoms with Crippen LogP contribution in [0, 0.1) is 5.92 Å². The predicted molar refractivity (Wildman–Crippen MR) is 87.3 cm³/mol. The summed E-state index contributed by atoms with van der Waals surface area (Å²) in [5, 5.41) is 3.46. The number of anilines is 1. The maximum absolute atomic E-state index is 5.58. The van der Waals surface area contributed by atoms with Crippen molar-refractivity contribution < 1.29 is 4.74 Å². The Morgan fingerprint density at radius 2 is 1.75 bits per heavy atom. The van der Waals surface area contributed by atoms with E-state index in [1.54, 1.807) is 0 Å². The Hall–Kier alpha value is -1.06. The van der Waals surface area contributed by atoms with Crippen LogP contribution in [0.5, 0.6) is 0 Å². The fraction of sp³-hybridized carbons (Fsp3) is 0.647. The molecule has 0 heterocycles. The summed E-state index contributed by atoms with van der Waals surface area (Å²) in [6.45, 7) is 12.3. The second kappa shape index (κ2) is 8.98. The Morgan fingerprint density at radius 1 is 1.10 bits per heavy atom. The van der Waals surface area contributed by atoms with Crippen molar-refractivity contribution in [3.63, 3.8) is 0 Å². The van der Waals surface area contributed by atoms with Crippen LogP contribution in [0.25, 0.3) is 0 Å². The van der Waals surface area contributed by atoms with Crippen LogP contribution in [-0.2, 0) is 11.3 Å². The van der Waals surface area contributed by atoms with E-state index in [1.165, 1.54) is 11.3 Å².